The third-order valence-electron chi connectivity index (χ3n) is 3.71. The largest absolute Gasteiger partial charge is 0.392 e. The SMILES string of the molecule is Cc1nc2nc(N[C@@H](C)c3cncc(F)c3)nc(C(=O)NCC(C)O)c2s1. The molecule has 0 spiro atoms. The Balaban J connectivity index is 1.92. The Morgan fingerprint density at radius 2 is 2.07 bits per heavy atom. The number of nitrogens with zero attached hydrogens (tertiary/aromatic N) is 4. The predicted molar refractivity (Wildman–Crippen MR) is 100 cm³/mol. The number of aliphatic hydroxyl groups is 1. The number of thiazole rings is 1. The first-order valence-corrected chi connectivity index (χ1v) is 9.13. The van der Waals surface area contributed by atoms with Crippen molar-refractivity contribution in [2.24, 2.45) is 0 Å². The topological polar surface area (TPSA) is 113 Å². The number of hydrogen-bond acceptors (Lipinski definition) is 8. The van der Waals surface area contributed by atoms with E-state index in [1.54, 1.807) is 13.1 Å². The molecule has 3 aromatic rings. The summed E-state index contributed by atoms with van der Waals surface area (Å²) in [5, 5.41) is 15.8. The van der Waals surface area contributed by atoms with E-state index in [1.807, 2.05) is 13.8 Å². The summed E-state index contributed by atoms with van der Waals surface area (Å²) in [6.07, 6.45) is 2.00. The number of aryl methyl sites for hydroxylation is 1. The van der Waals surface area contributed by atoms with E-state index >= 15 is 0 Å². The van der Waals surface area contributed by atoms with Gasteiger partial charge in [-0.3, -0.25) is 9.78 Å². The molecule has 0 saturated carbocycles. The first-order valence-electron chi connectivity index (χ1n) is 8.32. The number of hydrogen-bond donors (Lipinski definition) is 3. The number of nitrogens with one attached hydrogen (secondary N) is 2. The summed E-state index contributed by atoms with van der Waals surface area (Å²) in [7, 11) is 0. The Labute approximate surface area is 158 Å². The first-order chi connectivity index (χ1) is 12.8. The average molecular weight is 390 g/mol. The van der Waals surface area contributed by atoms with Gasteiger partial charge in [0.2, 0.25) is 5.95 Å². The van der Waals surface area contributed by atoms with Crippen LogP contribution in [0.5, 0.6) is 0 Å². The molecular formula is C17H19FN6O2S. The molecule has 8 nitrogen and oxygen atoms in total. The van der Waals surface area contributed by atoms with Gasteiger partial charge in [-0.05, 0) is 32.4 Å². The lowest BCUT2D eigenvalue weighted by Gasteiger charge is -2.14. The standard InChI is InChI=1S/C17H19FN6O2S/c1-8(25)5-20-16(26)13-14-15(22-10(3)27-14)24-17(23-13)21-9(2)11-4-12(18)7-19-6-11/h4,6-9,25H,5H2,1-3H3,(H,20,26)(H,21,23,24)/t8?,9-/m0/s1. The first kappa shape index (κ1) is 19.1. The quantitative estimate of drug-likeness (QED) is 0.591. The number of pyridine rings is 1. The van der Waals surface area contributed by atoms with Gasteiger partial charge < -0.3 is 15.7 Å². The van der Waals surface area contributed by atoms with E-state index in [0.29, 0.717) is 15.9 Å². The van der Waals surface area contributed by atoms with Crippen LogP contribution in [0.25, 0.3) is 10.3 Å². The van der Waals surface area contributed by atoms with E-state index in [2.05, 4.69) is 30.6 Å². The number of amides is 1. The Kier molecular flexibility index (Phi) is 5.57. The fourth-order valence-corrected chi connectivity index (χ4v) is 3.26. The minimum atomic E-state index is -0.674. The van der Waals surface area contributed by atoms with Crippen molar-refractivity contribution in [1.82, 2.24) is 25.3 Å². The van der Waals surface area contributed by atoms with E-state index in [4.69, 9.17) is 0 Å². The zero-order valence-corrected chi connectivity index (χ0v) is 15.8. The maximum Gasteiger partial charge on any atom is 0.271 e. The maximum absolute atomic E-state index is 13.4. The average Bonchev–Trinajstić information content (AvgIpc) is 2.98. The minimum absolute atomic E-state index is 0.107. The van der Waals surface area contributed by atoms with Crippen LogP contribution in [-0.4, -0.2) is 43.6 Å². The lowest BCUT2D eigenvalue weighted by molar-refractivity contribution is 0.0921. The van der Waals surface area contributed by atoms with Gasteiger partial charge in [0.05, 0.1) is 23.4 Å². The van der Waals surface area contributed by atoms with Crippen LogP contribution in [0, 0.1) is 12.7 Å². The lowest BCUT2D eigenvalue weighted by atomic mass is 10.1. The van der Waals surface area contributed by atoms with Crippen LogP contribution in [0.15, 0.2) is 18.5 Å². The zero-order valence-electron chi connectivity index (χ0n) is 15.0. The number of carbonyl (C=O) groups excluding carboxylic acids is 1. The molecule has 1 amide bonds. The molecule has 3 N–H and O–H groups in total. The molecule has 142 valence electrons. The Morgan fingerprint density at radius 3 is 2.78 bits per heavy atom. The van der Waals surface area contributed by atoms with Crippen molar-refractivity contribution in [2.75, 3.05) is 11.9 Å². The second-order valence-corrected chi connectivity index (χ2v) is 7.35. The lowest BCUT2D eigenvalue weighted by Crippen LogP contribution is -2.31. The van der Waals surface area contributed by atoms with Gasteiger partial charge in [-0.1, -0.05) is 0 Å². The molecule has 10 heteroatoms. The molecule has 3 heterocycles. The van der Waals surface area contributed by atoms with Crippen LogP contribution in [0.4, 0.5) is 10.3 Å². The highest BCUT2D eigenvalue weighted by Gasteiger charge is 2.19. The maximum atomic E-state index is 13.4. The molecule has 0 aliphatic rings. The van der Waals surface area contributed by atoms with Gasteiger partial charge in [-0.2, -0.15) is 4.98 Å². The number of fused-ring (bicyclic) bond motifs is 1. The molecule has 3 aromatic heterocycles. The molecule has 0 fully saturated rings. The highest BCUT2D eigenvalue weighted by atomic mass is 32.1. The Bertz CT molecular complexity index is 977. The highest BCUT2D eigenvalue weighted by molar-refractivity contribution is 7.18. The van der Waals surface area contributed by atoms with Crippen molar-refractivity contribution in [3.8, 4) is 0 Å². The van der Waals surface area contributed by atoms with E-state index in [-0.39, 0.29) is 24.2 Å². The van der Waals surface area contributed by atoms with Crippen molar-refractivity contribution in [2.45, 2.75) is 32.9 Å². The van der Waals surface area contributed by atoms with Gasteiger partial charge in [0.15, 0.2) is 11.3 Å². The third-order valence-corrected chi connectivity index (χ3v) is 4.67. The Hall–Kier alpha value is -2.72. The summed E-state index contributed by atoms with van der Waals surface area (Å²) in [4.78, 5) is 29.3. The van der Waals surface area contributed by atoms with Gasteiger partial charge >= 0.3 is 0 Å². The molecule has 0 radical (unpaired) electrons. The minimum Gasteiger partial charge on any atom is -0.392 e. The summed E-state index contributed by atoms with van der Waals surface area (Å²) in [6.45, 7) is 5.31. The third kappa shape index (κ3) is 4.52. The molecule has 2 atom stereocenters. The number of rotatable bonds is 6. The predicted octanol–water partition coefficient (Wildman–Crippen LogP) is 2.21. The van der Waals surface area contributed by atoms with Gasteiger partial charge in [0, 0.05) is 12.7 Å². The van der Waals surface area contributed by atoms with Crippen LogP contribution in [-0.2, 0) is 0 Å². The van der Waals surface area contributed by atoms with Crippen LogP contribution >= 0.6 is 11.3 Å². The molecule has 0 aliphatic heterocycles. The van der Waals surface area contributed by atoms with Crippen molar-refractivity contribution >= 4 is 33.5 Å². The van der Waals surface area contributed by atoms with Gasteiger partial charge in [-0.15, -0.1) is 11.3 Å². The highest BCUT2D eigenvalue weighted by Crippen LogP contribution is 2.26. The molecule has 0 saturated heterocycles. The van der Waals surface area contributed by atoms with E-state index in [1.165, 1.54) is 17.4 Å². The summed E-state index contributed by atoms with van der Waals surface area (Å²) in [6, 6.07) is 1.03. The fraction of sp³-hybridized carbons (Fsp3) is 0.353. The van der Waals surface area contributed by atoms with Crippen molar-refractivity contribution in [1.29, 1.82) is 0 Å². The normalized spacial score (nSPS) is 13.4. The zero-order chi connectivity index (χ0) is 19.6. The van der Waals surface area contributed by atoms with Gasteiger partial charge in [0.25, 0.3) is 5.91 Å². The Morgan fingerprint density at radius 1 is 1.30 bits per heavy atom. The molecule has 0 aromatic carbocycles. The number of anilines is 1. The van der Waals surface area contributed by atoms with Crippen LogP contribution in [0.3, 0.4) is 0 Å². The summed E-state index contributed by atoms with van der Waals surface area (Å²) in [5.41, 5.74) is 1.20. The molecule has 3 rings (SSSR count). The fourth-order valence-electron chi connectivity index (χ4n) is 2.41. The van der Waals surface area contributed by atoms with Crippen LogP contribution < -0.4 is 10.6 Å². The molecule has 27 heavy (non-hydrogen) atoms. The van der Waals surface area contributed by atoms with E-state index in [0.717, 1.165) is 11.2 Å². The number of halogens is 1. The van der Waals surface area contributed by atoms with Crippen LogP contribution in [0.2, 0.25) is 0 Å². The summed E-state index contributed by atoms with van der Waals surface area (Å²) < 4.78 is 14.0. The van der Waals surface area contributed by atoms with E-state index < -0.39 is 17.8 Å². The summed E-state index contributed by atoms with van der Waals surface area (Å²) >= 11 is 1.32. The second kappa shape index (κ2) is 7.89. The van der Waals surface area contributed by atoms with E-state index in [9.17, 15) is 14.3 Å². The molecular weight excluding hydrogens is 371 g/mol. The number of aliphatic hydroxyl groups excluding tert-OH is 1. The van der Waals surface area contributed by atoms with Crippen molar-refractivity contribution in [3.05, 3.63) is 40.5 Å². The number of carbonyl (C=O) groups is 1. The number of aromatic nitrogens is 4. The van der Waals surface area contributed by atoms with Gasteiger partial charge in [0.1, 0.15) is 10.5 Å². The second-order valence-electron chi connectivity index (χ2n) is 6.14. The summed E-state index contributed by atoms with van der Waals surface area (Å²) in [5.74, 6) is -0.660. The molecule has 0 bridgehead atoms. The van der Waals surface area contributed by atoms with Crippen molar-refractivity contribution in [3.63, 3.8) is 0 Å². The van der Waals surface area contributed by atoms with Crippen LogP contribution in [0.1, 0.15) is 40.9 Å². The smallest absolute Gasteiger partial charge is 0.271 e. The van der Waals surface area contributed by atoms with Gasteiger partial charge in [-0.25, -0.2) is 14.4 Å². The molecule has 1 unspecified atom stereocenters. The van der Waals surface area contributed by atoms with Crippen molar-refractivity contribution < 1.29 is 14.3 Å². The monoisotopic (exact) mass is 390 g/mol. The molecule has 0 aliphatic carbocycles.